The molecule has 0 saturated carbocycles. The number of aromatic nitrogens is 1. The number of benzene rings is 1. The van der Waals surface area contributed by atoms with Crippen LogP contribution in [0.5, 0.6) is 5.88 Å². The van der Waals surface area contributed by atoms with Gasteiger partial charge in [-0.25, -0.2) is 4.98 Å². The van der Waals surface area contributed by atoms with Crippen molar-refractivity contribution in [2.45, 2.75) is 51.5 Å². The van der Waals surface area contributed by atoms with Gasteiger partial charge in [0.15, 0.2) is 0 Å². The Morgan fingerprint density at radius 3 is 2.38 bits per heavy atom. The molecule has 0 aliphatic rings. The minimum absolute atomic E-state index is 0.0335. The summed E-state index contributed by atoms with van der Waals surface area (Å²) in [6, 6.07) is 13.1. The standard InChI is InChI=1S/C27H34BN5O6/c1-18(2)15-20(17-29)25(35)30-14-7-6-11-22(32-26(36)21-12-8-13-24(34)31-21)27(37)33-23(16-28(38)39)19-9-4-3-5-10-19/h3-5,8-10,12-13,15,18,22-23,38-39H,6-7,11,14,16H2,1-2H3,(H,30,35)(H,31,34)(H,32,36)(H,33,37)/t22-,23+/m0/s1. The lowest BCUT2D eigenvalue weighted by Gasteiger charge is -2.24. The third-order valence-electron chi connectivity index (χ3n) is 5.62. The number of hydrogen-bond donors (Lipinski definition) is 6. The molecule has 0 spiro atoms. The van der Waals surface area contributed by atoms with Gasteiger partial charge in [-0.15, -0.1) is 0 Å². The van der Waals surface area contributed by atoms with E-state index in [1.54, 1.807) is 36.4 Å². The number of amides is 3. The zero-order chi connectivity index (χ0) is 28.8. The molecular weight excluding hydrogens is 501 g/mol. The Kier molecular flexibility index (Phi) is 12.7. The molecule has 0 fully saturated rings. The first-order chi connectivity index (χ1) is 18.6. The van der Waals surface area contributed by atoms with Gasteiger partial charge in [0.05, 0.1) is 6.04 Å². The van der Waals surface area contributed by atoms with E-state index in [2.05, 4.69) is 20.9 Å². The van der Waals surface area contributed by atoms with Crippen molar-refractivity contribution < 1.29 is 29.5 Å². The van der Waals surface area contributed by atoms with Crippen LogP contribution in [-0.2, 0) is 9.59 Å². The molecule has 12 heteroatoms. The maximum absolute atomic E-state index is 13.3. The summed E-state index contributed by atoms with van der Waals surface area (Å²) in [7, 11) is -1.67. The molecular formula is C27H34BN5O6. The molecule has 1 aromatic carbocycles. The fourth-order valence-corrected chi connectivity index (χ4v) is 3.77. The Balaban J connectivity index is 2.09. The summed E-state index contributed by atoms with van der Waals surface area (Å²) >= 11 is 0. The molecule has 0 aliphatic heterocycles. The monoisotopic (exact) mass is 535 g/mol. The molecule has 0 unspecified atom stereocenters. The van der Waals surface area contributed by atoms with Crippen molar-refractivity contribution in [2.75, 3.05) is 6.54 Å². The number of nitriles is 1. The number of pyridine rings is 1. The van der Waals surface area contributed by atoms with Crippen LogP contribution in [0, 0.1) is 17.2 Å². The Hall–Kier alpha value is -4.21. The van der Waals surface area contributed by atoms with Crippen molar-refractivity contribution >= 4 is 24.8 Å². The largest absolute Gasteiger partial charge is 0.493 e. The molecule has 1 heterocycles. The highest BCUT2D eigenvalue weighted by molar-refractivity contribution is 6.41. The van der Waals surface area contributed by atoms with Crippen LogP contribution >= 0.6 is 0 Å². The summed E-state index contributed by atoms with van der Waals surface area (Å²) in [4.78, 5) is 42.0. The first-order valence-corrected chi connectivity index (χ1v) is 12.7. The van der Waals surface area contributed by atoms with E-state index in [-0.39, 0.29) is 42.4 Å². The van der Waals surface area contributed by atoms with Crippen LogP contribution in [0.3, 0.4) is 0 Å². The van der Waals surface area contributed by atoms with E-state index in [1.165, 1.54) is 18.2 Å². The lowest BCUT2D eigenvalue weighted by molar-refractivity contribution is -0.124. The summed E-state index contributed by atoms with van der Waals surface area (Å²) in [6.07, 6.45) is 2.51. The first kappa shape index (κ1) is 31.0. The number of nitrogens with zero attached hydrogens (tertiary/aromatic N) is 2. The fraction of sp³-hybridized carbons (Fsp3) is 0.370. The van der Waals surface area contributed by atoms with Crippen molar-refractivity contribution in [3.8, 4) is 11.9 Å². The summed E-state index contributed by atoms with van der Waals surface area (Å²) in [5, 5.41) is 46.0. The number of carbonyl (C=O) groups excluding carboxylic acids is 3. The van der Waals surface area contributed by atoms with Crippen LogP contribution in [0.15, 0.2) is 60.2 Å². The van der Waals surface area contributed by atoms with Crippen molar-refractivity contribution in [3.05, 3.63) is 71.4 Å². The predicted molar refractivity (Wildman–Crippen MR) is 145 cm³/mol. The van der Waals surface area contributed by atoms with Crippen LogP contribution in [0.25, 0.3) is 0 Å². The van der Waals surface area contributed by atoms with Gasteiger partial charge in [-0.1, -0.05) is 56.3 Å². The molecule has 0 bridgehead atoms. The van der Waals surface area contributed by atoms with Gasteiger partial charge in [-0.3, -0.25) is 14.4 Å². The lowest BCUT2D eigenvalue weighted by atomic mass is 9.79. The molecule has 1 aromatic heterocycles. The predicted octanol–water partition coefficient (Wildman–Crippen LogP) is 1.61. The third-order valence-corrected chi connectivity index (χ3v) is 5.62. The highest BCUT2D eigenvalue weighted by atomic mass is 16.4. The fourth-order valence-electron chi connectivity index (χ4n) is 3.77. The maximum Gasteiger partial charge on any atom is 0.453 e. The van der Waals surface area contributed by atoms with Crippen LogP contribution in [0.1, 0.15) is 55.2 Å². The minimum Gasteiger partial charge on any atom is -0.493 e. The van der Waals surface area contributed by atoms with Crippen molar-refractivity contribution in [1.82, 2.24) is 20.9 Å². The molecule has 206 valence electrons. The quantitative estimate of drug-likeness (QED) is 0.0912. The summed E-state index contributed by atoms with van der Waals surface area (Å²) in [5.74, 6) is -1.99. The van der Waals surface area contributed by atoms with Crippen molar-refractivity contribution in [3.63, 3.8) is 0 Å². The minimum atomic E-state index is -1.67. The van der Waals surface area contributed by atoms with Gasteiger partial charge in [-0.05, 0) is 36.8 Å². The SMILES string of the molecule is CC(C)C=C(C#N)C(=O)NCCCC[C@H](NC(=O)c1cccc(O)n1)C(=O)N[C@H](CB(O)O)c1ccccc1. The average molecular weight is 535 g/mol. The number of carbonyl (C=O) groups is 3. The molecule has 2 atom stereocenters. The summed E-state index contributed by atoms with van der Waals surface area (Å²) < 4.78 is 0. The Labute approximate surface area is 228 Å². The number of nitrogens with one attached hydrogen (secondary N) is 3. The zero-order valence-electron chi connectivity index (χ0n) is 22.0. The normalized spacial score (nSPS) is 12.7. The second-order valence-corrected chi connectivity index (χ2v) is 9.28. The molecule has 11 nitrogen and oxygen atoms in total. The first-order valence-electron chi connectivity index (χ1n) is 12.7. The van der Waals surface area contributed by atoms with Crippen LogP contribution in [-0.4, -0.2) is 57.6 Å². The van der Waals surface area contributed by atoms with Gasteiger partial charge in [0, 0.05) is 18.9 Å². The van der Waals surface area contributed by atoms with Crippen LogP contribution in [0.4, 0.5) is 0 Å². The van der Waals surface area contributed by atoms with Gasteiger partial charge in [0.2, 0.25) is 11.8 Å². The Morgan fingerprint density at radius 1 is 1.05 bits per heavy atom. The number of hydrogen-bond acceptors (Lipinski definition) is 8. The van der Waals surface area contributed by atoms with E-state index in [0.717, 1.165) is 0 Å². The van der Waals surface area contributed by atoms with Gasteiger partial charge in [-0.2, -0.15) is 5.26 Å². The van der Waals surface area contributed by atoms with Gasteiger partial charge < -0.3 is 31.1 Å². The van der Waals surface area contributed by atoms with Crippen molar-refractivity contribution in [2.24, 2.45) is 5.92 Å². The second kappa shape index (κ2) is 15.9. The maximum atomic E-state index is 13.3. The highest BCUT2D eigenvalue weighted by Crippen LogP contribution is 2.19. The van der Waals surface area contributed by atoms with Gasteiger partial charge >= 0.3 is 7.12 Å². The van der Waals surface area contributed by atoms with Crippen LogP contribution < -0.4 is 16.0 Å². The topological polar surface area (TPSA) is 185 Å². The highest BCUT2D eigenvalue weighted by Gasteiger charge is 2.27. The van der Waals surface area contributed by atoms with E-state index in [4.69, 9.17) is 5.26 Å². The molecule has 3 amide bonds. The van der Waals surface area contributed by atoms with Crippen LogP contribution in [0.2, 0.25) is 6.32 Å². The van der Waals surface area contributed by atoms with E-state index >= 15 is 0 Å². The molecule has 39 heavy (non-hydrogen) atoms. The molecule has 0 saturated heterocycles. The molecule has 2 aromatic rings. The number of rotatable bonds is 14. The molecule has 6 N–H and O–H groups in total. The molecule has 2 rings (SSSR count). The van der Waals surface area contributed by atoms with Gasteiger partial charge in [0.1, 0.15) is 23.4 Å². The molecule has 0 aliphatic carbocycles. The number of unbranched alkanes of at least 4 members (excludes halogenated alkanes) is 1. The number of aromatic hydroxyl groups is 1. The second-order valence-electron chi connectivity index (χ2n) is 9.28. The van der Waals surface area contributed by atoms with Crippen molar-refractivity contribution in [1.29, 1.82) is 5.26 Å². The van der Waals surface area contributed by atoms with E-state index < -0.39 is 36.9 Å². The summed E-state index contributed by atoms with van der Waals surface area (Å²) in [6.45, 7) is 3.98. The van der Waals surface area contributed by atoms with E-state index in [0.29, 0.717) is 18.4 Å². The third kappa shape index (κ3) is 11.0. The Bertz CT molecular complexity index is 1180. The van der Waals surface area contributed by atoms with E-state index in [9.17, 15) is 29.5 Å². The molecule has 0 radical (unpaired) electrons. The smallest absolute Gasteiger partial charge is 0.453 e. The average Bonchev–Trinajstić information content (AvgIpc) is 2.90. The zero-order valence-corrected chi connectivity index (χ0v) is 22.0. The van der Waals surface area contributed by atoms with Gasteiger partial charge in [0.25, 0.3) is 11.8 Å². The van der Waals surface area contributed by atoms with E-state index in [1.807, 2.05) is 19.9 Å². The number of allylic oxidation sites excluding steroid dienone is 1. The Morgan fingerprint density at radius 2 is 1.77 bits per heavy atom. The summed E-state index contributed by atoms with van der Waals surface area (Å²) in [5.41, 5.74) is 0.613. The lowest BCUT2D eigenvalue weighted by Crippen LogP contribution is -2.48.